The Labute approximate surface area is 98.9 Å². The van der Waals surface area contributed by atoms with Gasteiger partial charge in [-0.05, 0) is 25.0 Å². The van der Waals surface area contributed by atoms with Crippen LogP contribution in [0.5, 0.6) is 5.75 Å². The van der Waals surface area contributed by atoms with E-state index in [-0.39, 0.29) is 23.4 Å². The average molecular weight is 238 g/mol. The summed E-state index contributed by atoms with van der Waals surface area (Å²) in [5, 5.41) is 2.74. The standard InChI is InChI=1S/C12H15FN2O2/c1-17-10-4-2-3-9(13)11(10)12(16)15-8-5-7(14)6-8/h2-4,7-8H,5-6,14H2,1H3,(H,15,16). The Morgan fingerprint density at radius 2 is 2.24 bits per heavy atom. The molecule has 1 aromatic rings. The number of methoxy groups -OCH3 is 1. The molecular formula is C12H15FN2O2. The molecule has 4 nitrogen and oxygen atoms in total. The van der Waals surface area contributed by atoms with Gasteiger partial charge in [0.25, 0.3) is 5.91 Å². The number of ether oxygens (including phenoxy) is 1. The van der Waals surface area contributed by atoms with Gasteiger partial charge < -0.3 is 15.8 Å². The van der Waals surface area contributed by atoms with Crippen LogP contribution in [0, 0.1) is 5.82 Å². The van der Waals surface area contributed by atoms with Crippen molar-refractivity contribution in [1.29, 1.82) is 0 Å². The fourth-order valence-electron chi connectivity index (χ4n) is 1.93. The Morgan fingerprint density at radius 3 is 2.82 bits per heavy atom. The van der Waals surface area contributed by atoms with E-state index in [2.05, 4.69) is 5.32 Å². The molecule has 1 amide bonds. The molecule has 1 saturated carbocycles. The quantitative estimate of drug-likeness (QED) is 0.827. The first-order valence-electron chi connectivity index (χ1n) is 5.50. The Bertz CT molecular complexity index is 431. The minimum Gasteiger partial charge on any atom is -0.496 e. The van der Waals surface area contributed by atoms with Crippen molar-refractivity contribution in [1.82, 2.24) is 5.32 Å². The second kappa shape index (κ2) is 4.71. The monoisotopic (exact) mass is 238 g/mol. The zero-order valence-electron chi connectivity index (χ0n) is 9.57. The van der Waals surface area contributed by atoms with Gasteiger partial charge in [0, 0.05) is 12.1 Å². The molecule has 92 valence electrons. The van der Waals surface area contributed by atoms with Crippen LogP contribution in [0.25, 0.3) is 0 Å². The summed E-state index contributed by atoms with van der Waals surface area (Å²) in [6.45, 7) is 0. The normalized spacial score (nSPS) is 22.8. The first kappa shape index (κ1) is 11.9. The van der Waals surface area contributed by atoms with E-state index < -0.39 is 11.7 Å². The highest BCUT2D eigenvalue weighted by Crippen LogP contribution is 2.23. The van der Waals surface area contributed by atoms with Crippen molar-refractivity contribution < 1.29 is 13.9 Å². The third-order valence-corrected chi connectivity index (χ3v) is 2.93. The fraction of sp³-hybridized carbons (Fsp3) is 0.417. The highest BCUT2D eigenvalue weighted by atomic mass is 19.1. The van der Waals surface area contributed by atoms with E-state index in [1.54, 1.807) is 6.07 Å². The minimum atomic E-state index is -0.578. The molecular weight excluding hydrogens is 223 g/mol. The summed E-state index contributed by atoms with van der Waals surface area (Å²) in [6.07, 6.45) is 1.48. The Morgan fingerprint density at radius 1 is 1.53 bits per heavy atom. The van der Waals surface area contributed by atoms with E-state index in [1.807, 2.05) is 0 Å². The smallest absolute Gasteiger partial charge is 0.258 e. The minimum absolute atomic E-state index is 0.0433. The molecule has 0 radical (unpaired) electrons. The summed E-state index contributed by atoms with van der Waals surface area (Å²) in [4.78, 5) is 11.9. The lowest BCUT2D eigenvalue weighted by Crippen LogP contribution is -2.50. The van der Waals surface area contributed by atoms with Gasteiger partial charge in [0.1, 0.15) is 17.1 Å². The molecule has 0 aliphatic heterocycles. The van der Waals surface area contributed by atoms with E-state index in [4.69, 9.17) is 10.5 Å². The van der Waals surface area contributed by atoms with Crippen molar-refractivity contribution in [3.05, 3.63) is 29.6 Å². The third-order valence-electron chi connectivity index (χ3n) is 2.93. The lowest BCUT2D eigenvalue weighted by atomic mass is 9.87. The van der Waals surface area contributed by atoms with Crippen molar-refractivity contribution in [2.45, 2.75) is 24.9 Å². The van der Waals surface area contributed by atoms with Crippen LogP contribution < -0.4 is 15.8 Å². The van der Waals surface area contributed by atoms with Gasteiger partial charge in [-0.15, -0.1) is 0 Å². The summed E-state index contributed by atoms with van der Waals surface area (Å²) in [6, 6.07) is 4.49. The fourth-order valence-corrected chi connectivity index (χ4v) is 1.93. The van der Waals surface area contributed by atoms with Crippen molar-refractivity contribution in [3.63, 3.8) is 0 Å². The van der Waals surface area contributed by atoms with Crippen LogP contribution >= 0.6 is 0 Å². The molecule has 1 fully saturated rings. The van der Waals surface area contributed by atoms with Gasteiger partial charge >= 0.3 is 0 Å². The Hall–Kier alpha value is -1.62. The molecule has 3 N–H and O–H groups in total. The molecule has 0 bridgehead atoms. The van der Waals surface area contributed by atoms with Gasteiger partial charge in [-0.3, -0.25) is 4.79 Å². The van der Waals surface area contributed by atoms with Crippen LogP contribution in [0.15, 0.2) is 18.2 Å². The van der Waals surface area contributed by atoms with Crippen molar-refractivity contribution in [2.75, 3.05) is 7.11 Å². The van der Waals surface area contributed by atoms with Crippen LogP contribution in [0.3, 0.4) is 0 Å². The summed E-state index contributed by atoms with van der Waals surface area (Å²) in [5.74, 6) is -0.784. The number of nitrogens with one attached hydrogen (secondary N) is 1. The molecule has 0 spiro atoms. The molecule has 0 heterocycles. The largest absolute Gasteiger partial charge is 0.496 e. The number of hydrogen-bond acceptors (Lipinski definition) is 3. The molecule has 0 unspecified atom stereocenters. The first-order chi connectivity index (χ1) is 8.11. The molecule has 2 rings (SSSR count). The Kier molecular flexibility index (Phi) is 3.28. The van der Waals surface area contributed by atoms with Crippen molar-refractivity contribution in [2.24, 2.45) is 5.73 Å². The van der Waals surface area contributed by atoms with Crippen LogP contribution in [-0.2, 0) is 0 Å². The predicted molar refractivity (Wildman–Crippen MR) is 61.4 cm³/mol. The van der Waals surface area contributed by atoms with Crippen LogP contribution in [0.4, 0.5) is 4.39 Å². The molecule has 1 aliphatic carbocycles. The van der Waals surface area contributed by atoms with E-state index in [0.717, 1.165) is 12.8 Å². The lowest BCUT2D eigenvalue weighted by molar-refractivity contribution is 0.0903. The van der Waals surface area contributed by atoms with E-state index >= 15 is 0 Å². The second-order valence-corrected chi connectivity index (χ2v) is 4.22. The maximum absolute atomic E-state index is 13.6. The highest BCUT2D eigenvalue weighted by molar-refractivity contribution is 5.97. The van der Waals surface area contributed by atoms with Crippen molar-refractivity contribution >= 4 is 5.91 Å². The van der Waals surface area contributed by atoms with Gasteiger partial charge in [-0.25, -0.2) is 4.39 Å². The summed E-state index contributed by atoms with van der Waals surface area (Å²) < 4.78 is 18.5. The average Bonchev–Trinajstić information content (AvgIpc) is 2.26. The van der Waals surface area contributed by atoms with E-state index in [1.165, 1.54) is 19.2 Å². The number of amides is 1. The van der Waals surface area contributed by atoms with Crippen LogP contribution in [-0.4, -0.2) is 25.1 Å². The SMILES string of the molecule is COc1cccc(F)c1C(=O)NC1CC(N)C1. The number of carbonyl (C=O) groups excluding carboxylic acids is 1. The lowest BCUT2D eigenvalue weighted by Gasteiger charge is -2.33. The molecule has 0 atom stereocenters. The van der Waals surface area contributed by atoms with Gasteiger partial charge in [-0.2, -0.15) is 0 Å². The van der Waals surface area contributed by atoms with Crippen LogP contribution in [0.2, 0.25) is 0 Å². The zero-order chi connectivity index (χ0) is 12.4. The second-order valence-electron chi connectivity index (χ2n) is 4.22. The molecule has 5 heteroatoms. The molecule has 0 aromatic heterocycles. The zero-order valence-corrected chi connectivity index (χ0v) is 9.57. The number of benzene rings is 1. The summed E-state index contributed by atoms with van der Waals surface area (Å²) >= 11 is 0. The summed E-state index contributed by atoms with van der Waals surface area (Å²) in [5.41, 5.74) is 5.57. The molecule has 17 heavy (non-hydrogen) atoms. The van der Waals surface area contributed by atoms with Gasteiger partial charge in [0.05, 0.1) is 7.11 Å². The summed E-state index contributed by atoms with van der Waals surface area (Å²) in [7, 11) is 1.41. The molecule has 1 aromatic carbocycles. The highest BCUT2D eigenvalue weighted by Gasteiger charge is 2.29. The van der Waals surface area contributed by atoms with Gasteiger partial charge in [0.2, 0.25) is 0 Å². The topological polar surface area (TPSA) is 64.3 Å². The van der Waals surface area contributed by atoms with Crippen molar-refractivity contribution in [3.8, 4) is 5.75 Å². The number of nitrogens with two attached hydrogens (primary N) is 1. The first-order valence-corrected chi connectivity index (χ1v) is 5.50. The van der Waals surface area contributed by atoms with Crippen LogP contribution in [0.1, 0.15) is 23.2 Å². The number of halogens is 1. The number of hydrogen-bond donors (Lipinski definition) is 2. The van der Waals surface area contributed by atoms with E-state index in [0.29, 0.717) is 0 Å². The predicted octanol–water partition coefficient (Wildman–Crippen LogP) is 1.05. The Balaban J connectivity index is 2.13. The van der Waals surface area contributed by atoms with Gasteiger partial charge in [0.15, 0.2) is 0 Å². The van der Waals surface area contributed by atoms with Gasteiger partial charge in [-0.1, -0.05) is 6.07 Å². The van der Waals surface area contributed by atoms with E-state index in [9.17, 15) is 9.18 Å². The number of carbonyl (C=O) groups is 1. The third kappa shape index (κ3) is 2.39. The number of rotatable bonds is 3. The maximum Gasteiger partial charge on any atom is 0.258 e. The molecule has 0 saturated heterocycles. The molecule has 1 aliphatic rings. The maximum atomic E-state index is 13.6.